The third kappa shape index (κ3) is 2.59. The van der Waals surface area contributed by atoms with E-state index in [-0.39, 0.29) is 5.82 Å². The predicted octanol–water partition coefficient (Wildman–Crippen LogP) is 0.00380. The maximum absolute atomic E-state index is 11.3. The lowest BCUT2D eigenvalue weighted by Crippen LogP contribution is -2.11. The highest BCUT2D eigenvalue weighted by atomic mass is 16.5. The molecular formula is C10H12N6O2. The molecule has 0 aliphatic heterocycles. The third-order valence-corrected chi connectivity index (χ3v) is 2.26. The summed E-state index contributed by atoms with van der Waals surface area (Å²) in [5, 5.41) is 10.7. The molecule has 18 heavy (non-hydrogen) atoms. The van der Waals surface area contributed by atoms with Crippen molar-refractivity contribution >= 4 is 11.8 Å². The fraction of sp³-hybridized carbons (Fsp3) is 0.300. The topological polar surface area (TPSA) is 94.8 Å². The summed E-state index contributed by atoms with van der Waals surface area (Å²) in [4.78, 5) is 19.1. The van der Waals surface area contributed by atoms with Crippen LogP contribution in [0.15, 0.2) is 18.6 Å². The molecule has 0 saturated carbocycles. The molecule has 0 saturated heterocycles. The molecular weight excluding hydrogens is 236 g/mol. The van der Waals surface area contributed by atoms with Gasteiger partial charge in [0.25, 0.3) is 0 Å². The highest BCUT2D eigenvalue weighted by Crippen LogP contribution is 2.04. The van der Waals surface area contributed by atoms with E-state index >= 15 is 0 Å². The second kappa shape index (κ2) is 5.21. The number of hydrogen-bond acceptors (Lipinski definition) is 7. The number of nitrogens with zero attached hydrogens (tertiary/aromatic N) is 5. The highest BCUT2D eigenvalue weighted by Gasteiger charge is 2.09. The first-order valence-corrected chi connectivity index (χ1v) is 5.19. The quantitative estimate of drug-likeness (QED) is 0.761. The van der Waals surface area contributed by atoms with Gasteiger partial charge in [-0.3, -0.25) is 0 Å². The second-order valence-electron chi connectivity index (χ2n) is 3.47. The van der Waals surface area contributed by atoms with Gasteiger partial charge in [0.1, 0.15) is 12.1 Å². The van der Waals surface area contributed by atoms with Gasteiger partial charge in [0.15, 0.2) is 5.82 Å². The molecule has 0 radical (unpaired) electrons. The maximum atomic E-state index is 11.3. The number of aryl methyl sites for hydroxylation is 1. The van der Waals surface area contributed by atoms with Crippen LogP contribution in [0.25, 0.3) is 0 Å². The molecule has 0 aromatic carbocycles. The number of esters is 1. The molecule has 2 aromatic rings. The van der Waals surface area contributed by atoms with Crippen LogP contribution in [0.1, 0.15) is 16.4 Å². The number of ether oxygens (including phenoxy) is 1. The monoisotopic (exact) mass is 248 g/mol. The van der Waals surface area contributed by atoms with Gasteiger partial charge in [0.05, 0.1) is 13.7 Å². The van der Waals surface area contributed by atoms with Crippen molar-refractivity contribution in [3.8, 4) is 0 Å². The van der Waals surface area contributed by atoms with Crippen molar-refractivity contribution in [2.45, 2.75) is 6.54 Å². The molecule has 8 heteroatoms. The second-order valence-corrected chi connectivity index (χ2v) is 3.47. The van der Waals surface area contributed by atoms with Crippen LogP contribution in [0.5, 0.6) is 0 Å². The summed E-state index contributed by atoms with van der Waals surface area (Å²) in [6, 6.07) is 1.66. The van der Waals surface area contributed by atoms with Gasteiger partial charge < -0.3 is 14.6 Å². The van der Waals surface area contributed by atoms with Crippen LogP contribution in [0.4, 0.5) is 5.82 Å². The minimum atomic E-state index is -0.572. The van der Waals surface area contributed by atoms with E-state index in [1.54, 1.807) is 17.0 Å². The number of aromatic nitrogens is 5. The smallest absolute Gasteiger partial charge is 0.376 e. The molecule has 2 rings (SSSR count). The lowest BCUT2D eigenvalue weighted by molar-refractivity contribution is 0.0587. The van der Waals surface area contributed by atoms with Crippen molar-refractivity contribution in [1.82, 2.24) is 24.7 Å². The molecule has 0 aliphatic rings. The van der Waals surface area contributed by atoms with E-state index in [1.165, 1.54) is 13.3 Å². The van der Waals surface area contributed by atoms with Crippen molar-refractivity contribution in [2.75, 3.05) is 12.4 Å². The molecule has 0 fully saturated rings. The number of carbonyl (C=O) groups is 1. The van der Waals surface area contributed by atoms with Crippen LogP contribution in [0, 0.1) is 0 Å². The van der Waals surface area contributed by atoms with Crippen LogP contribution < -0.4 is 5.32 Å². The standard InChI is InChI=1S/C10H12N6O2/c1-16-6-13-15-8(16)5-12-7-3-4-11-9(14-7)10(17)18-2/h3-4,6H,5H2,1-2H3,(H,11,12,14). The van der Waals surface area contributed by atoms with Gasteiger partial charge >= 0.3 is 5.97 Å². The van der Waals surface area contributed by atoms with E-state index in [1.807, 2.05) is 7.05 Å². The van der Waals surface area contributed by atoms with E-state index in [2.05, 4.69) is 30.2 Å². The number of anilines is 1. The fourth-order valence-electron chi connectivity index (χ4n) is 1.28. The van der Waals surface area contributed by atoms with E-state index in [9.17, 15) is 4.79 Å². The minimum Gasteiger partial charge on any atom is -0.463 e. The average molecular weight is 248 g/mol. The Bertz CT molecular complexity index is 553. The first-order chi connectivity index (χ1) is 8.70. The van der Waals surface area contributed by atoms with Gasteiger partial charge in [-0.1, -0.05) is 0 Å². The van der Waals surface area contributed by atoms with Crippen LogP contribution in [0.3, 0.4) is 0 Å². The zero-order valence-corrected chi connectivity index (χ0v) is 9.99. The predicted molar refractivity (Wildman–Crippen MR) is 61.7 cm³/mol. The van der Waals surface area contributed by atoms with Crippen molar-refractivity contribution in [1.29, 1.82) is 0 Å². The Hall–Kier alpha value is -2.51. The molecule has 0 atom stereocenters. The summed E-state index contributed by atoms with van der Waals surface area (Å²) in [7, 11) is 3.13. The molecule has 2 aromatic heterocycles. The SMILES string of the molecule is COC(=O)c1nccc(NCc2nncn2C)n1. The van der Waals surface area contributed by atoms with Crippen molar-refractivity contribution in [3.05, 3.63) is 30.2 Å². The number of nitrogens with one attached hydrogen (secondary N) is 1. The lowest BCUT2D eigenvalue weighted by atomic mass is 10.5. The largest absolute Gasteiger partial charge is 0.463 e. The minimum absolute atomic E-state index is 0.0143. The van der Waals surface area contributed by atoms with Crippen LogP contribution in [-0.2, 0) is 18.3 Å². The zero-order chi connectivity index (χ0) is 13.0. The Morgan fingerprint density at radius 1 is 1.56 bits per heavy atom. The molecule has 0 amide bonds. The maximum Gasteiger partial charge on any atom is 0.376 e. The summed E-state index contributed by atoms with van der Waals surface area (Å²) in [5.41, 5.74) is 0. The molecule has 1 N–H and O–H groups in total. The van der Waals surface area contributed by atoms with E-state index < -0.39 is 5.97 Å². The molecule has 0 aliphatic carbocycles. The molecule has 0 spiro atoms. The summed E-state index contributed by atoms with van der Waals surface area (Å²) in [6.07, 6.45) is 3.09. The molecule has 0 unspecified atom stereocenters. The summed E-state index contributed by atoms with van der Waals surface area (Å²) < 4.78 is 6.33. The number of hydrogen-bond donors (Lipinski definition) is 1. The van der Waals surface area contributed by atoms with Gasteiger partial charge in [-0.05, 0) is 6.07 Å². The number of rotatable bonds is 4. The summed E-state index contributed by atoms with van der Waals surface area (Å²) in [6.45, 7) is 0.453. The Kier molecular flexibility index (Phi) is 3.46. The molecule has 94 valence electrons. The van der Waals surface area contributed by atoms with Gasteiger partial charge in [-0.15, -0.1) is 10.2 Å². The van der Waals surface area contributed by atoms with Gasteiger partial charge in [0.2, 0.25) is 5.82 Å². The molecule has 2 heterocycles. The highest BCUT2D eigenvalue weighted by molar-refractivity contribution is 5.85. The van der Waals surface area contributed by atoms with Crippen LogP contribution in [-0.4, -0.2) is 37.8 Å². The van der Waals surface area contributed by atoms with Gasteiger partial charge in [0, 0.05) is 13.2 Å². The number of carbonyl (C=O) groups excluding carboxylic acids is 1. The summed E-state index contributed by atoms with van der Waals surface area (Å²) in [5.74, 6) is 0.722. The lowest BCUT2D eigenvalue weighted by Gasteiger charge is -2.05. The van der Waals surface area contributed by atoms with Crippen LogP contribution >= 0.6 is 0 Å². The Morgan fingerprint density at radius 2 is 2.39 bits per heavy atom. The fourth-order valence-corrected chi connectivity index (χ4v) is 1.28. The van der Waals surface area contributed by atoms with Crippen molar-refractivity contribution < 1.29 is 9.53 Å². The van der Waals surface area contributed by atoms with E-state index in [0.29, 0.717) is 12.4 Å². The third-order valence-electron chi connectivity index (χ3n) is 2.26. The Labute approximate surface area is 103 Å². The zero-order valence-electron chi connectivity index (χ0n) is 9.99. The summed E-state index contributed by atoms with van der Waals surface area (Å²) >= 11 is 0. The van der Waals surface area contributed by atoms with E-state index in [4.69, 9.17) is 0 Å². The first kappa shape index (κ1) is 12.0. The normalized spacial score (nSPS) is 10.1. The number of methoxy groups -OCH3 is 1. The van der Waals surface area contributed by atoms with Crippen molar-refractivity contribution in [2.24, 2.45) is 7.05 Å². The Morgan fingerprint density at radius 3 is 3.06 bits per heavy atom. The average Bonchev–Trinajstić information content (AvgIpc) is 2.81. The van der Waals surface area contributed by atoms with Crippen LogP contribution in [0.2, 0.25) is 0 Å². The van der Waals surface area contributed by atoms with Gasteiger partial charge in [-0.25, -0.2) is 14.8 Å². The molecule has 0 bridgehead atoms. The van der Waals surface area contributed by atoms with E-state index in [0.717, 1.165) is 5.82 Å². The van der Waals surface area contributed by atoms with Gasteiger partial charge in [-0.2, -0.15) is 0 Å². The Balaban J connectivity index is 2.06. The van der Waals surface area contributed by atoms with Crippen molar-refractivity contribution in [3.63, 3.8) is 0 Å². The first-order valence-electron chi connectivity index (χ1n) is 5.19. The molecule has 8 nitrogen and oxygen atoms in total.